The topological polar surface area (TPSA) is 115 Å². The van der Waals surface area contributed by atoms with Crippen molar-refractivity contribution in [3.63, 3.8) is 0 Å². The highest BCUT2D eigenvalue weighted by Crippen LogP contribution is 2.33. The molecule has 0 radical (unpaired) electrons. The molecular formula is C15H28O6. The van der Waals surface area contributed by atoms with Gasteiger partial charge in [-0.25, -0.2) is 0 Å². The molecule has 0 saturated heterocycles. The number of unbranched alkanes of at least 4 members (excludes halogenated alkanes) is 2. The summed E-state index contributed by atoms with van der Waals surface area (Å²) in [7, 11) is 0. The summed E-state index contributed by atoms with van der Waals surface area (Å²) in [5.41, 5.74) is -2.12. The largest absolute Gasteiger partial charge is 0.480 e. The zero-order valence-electron chi connectivity index (χ0n) is 12.9. The van der Waals surface area contributed by atoms with E-state index < -0.39 is 29.6 Å². The normalized spacial score (nSPS) is 14.7. The maximum absolute atomic E-state index is 11.5. The molecule has 0 aliphatic heterocycles. The number of aliphatic carboxylic acids is 2. The van der Waals surface area contributed by atoms with Gasteiger partial charge >= 0.3 is 11.9 Å². The monoisotopic (exact) mass is 304 g/mol. The van der Waals surface area contributed by atoms with Crippen molar-refractivity contribution in [1.82, 2.24) is 0 Å². The Bertz CT molecular complexity index is 296. The number of hydrogen-bond donors (Lipinski definition) is 4. The Morgan fingerprint density at radius 1 is 0.857 bits per heavy atom. The molecule has 2 atom stereocenters. The van der Waals surface area contributed by atoms with Crippen molar-refractivity contribution in [2.45, 2.75) is 77.4 Å². The van der Waals surface area contributed by atoms with E-state index in [-0.39, 0.29) is 12.8 Å². The molecule has 0 aliphatic carbocycles. The zero-order valence-corrected chi connectivity index (χ0v) is 12.9. The van der Waals surface area contributed by atoms with Crippen LogP contribution < -0.4 is 0 Å². The van der Waals surface area contributed by atoms with Crippen LogP contribution in [0.15, 0.2) is 0 Å². The first-order valence-electron chi connectivity index (χ1n) is 7.63. The zero-order chi connectivity index (χ0) is 16.5. The van der Waals surface area contributed by atoms with Gasteiger partial charge in [0.25, 0.3) is 0 Å². The third kappa shape index (κ3) is 6.44. The van der Waals surface area contributed by atoms with Crippen LogP contribution >= 0.6 is 0 Å². The lowest BCUT2D eigenvalue weighted by molar-refractivity contribution is -0.170. The van der Waals surface area contributed by atoms with Crippen molar-refractivity contribution < 1.29 is 30.0 Å². The number of hydrogen-bond acceptors (Lipinski definition) is 4. The third-order valence-electron chi connectivity index (χ3n) is 3.77. The molecule has 6 nitrogen and oxygen atoms in total. The molecule has 0 amide bonds. The van der Waals surface area contributed by atoms with Gasteiger partial charge in [0.1, 0.15) is 0 Å². The summed E-state index contributed by atoms with van der Waals surface area (Å²) in [6.45, 7) is 3.87. The van der Waals surface area contributed by atoms with E-state index in [4.69, 9.17) is 0 Å². The van der Waals surface area contributed by atoms with Gasteiger partial charge in [-0.15, -0.1) is 0 Å². The average Bonchev–Trinajstić information content (AvgIpc) is 2.41. The molecule has 0 aliphatic rings. The van der Waals surface area contributed by atoms with Crippen LogP contribution in [-0.2, 0) is 9.59 Å². The van der Waals surface area contributed by atoms with Crippen molar-refractivity contribution in [1.29, 1.82) is 0 Å². The van der Waals surface area contributed by atoms with Gasteiger partial charge in [-0.1, -0.05) is 39.5 Å². The molecule has 0 aromatic heterocycles. The van der Waals surface area contributed by atoms with Gasteiger partial charge in [0, 0.05) is 12.8 Å². The van der Waals surface area contributed by atoms with Crippen LogP contribution in [0.2, 0.25) is 0 Å². The SMILES string of the molecule is CCCCC(O)CC(CC(O)CCCC)(C(=O)O)C(=O)O. The molecule has 0 saturated carbocycles. The van der Waals surface area contributed by atoms with Crippen LogP contribution in [0.25, 0.3) is 0 Å². The minimum Gasteiger partial charge on any atom is -0.480 e. The second kappa shape index (κ2) is 9.73. The molecule has 0 aromatic rings. The Morgan fingerprint density at radius 3 is 1.43 bits per heavy atom. The highest BCUT2D eigenvalue weighted by atomic mass is 16.4. The lowest BCUT2D eigenvalue weighted by atomic mass is 9.76. The standard InChI is InChI=1S/C15H28O6/c1-3-5-7-11(16)9-15(13(18)19,14(20)21)10-12(17)8-6-4-2/h11-12,16-17H,3-10H2,1-2H3,(H,18,19)(H,20,21). The van der Waals surface area contributed by atoms with E-state index in [9.17, 15) is 30.0 Å². The molecule has 0 spiro atoms. The van der Waals surface area contributed by atoms with Gasteiger partial charge in [0.05, 0.1) is 12.2 Å². The number of aliphatic hydroxyl groups is 2. The molecule has 0 fully saturated rings. The number of rotatable bonds is 12. The van der Waals surface area contributed by atoms with Crippen LogP contribution in [0.4, 0.5) is 0 Å². The molecule has 124 valence electrons. The second-order valence-corrected chi connectivity index (χ2v) is 5.69. The van der Waals surface area contributed by atoms with E-state index in [1.165, 1.54) is 0 Å². The van der Waals surface area contributed by atoms with Crippen molar-refractivity contribution in [2.75, 3.05) is 0 Å². The van der Waals surface area contributed by atoms with Crippen LogP contribution in [0.5, 0.6) is 0 Å². The van der Waals surface area contributed by atoms with Crippen molar-refractivity contribution >= 4 is 11.9 Å². The molecule has 21 heavy (non-hydrogen) atoms. The molecule has 0 heterocycles. The van der Waals surface area contributed by atoms with Gasteiger partial charge in [0.15, 0.2) is 5.41 Å². The fourth-order valence-corrected chi connectivity index (χ4v) is 2.41. The van der Waals surface area contributed by atoms with Gasteiger partial charge < -0.3 is 20.4 Å². The van der Waals surface area contributed by atoms with Gasteiger partial charge in [0.2, 0.25) is 0 Å². The summed E-state index contributed by atoms with van der Waals surface area (Å²) in [4.78, 5) is 23.0. The van der Waals surface area contributed by atoms with E-state index in [0.717, 1.165) is 12.8 Å². The maximum atomic E-state index is 11.5. The van der Waals surface area contributed by atoms with Gasteiger partial charge in [-0.3, -0.25) is 9.59 Å². The van der Waals surface area contributed by atoms with E-state index in [1.807, 2.05) is 13.8 Å². The van der Waals surface area contributed by atoms with Crippen LogP contribution in [0.1, 0.15) is 65.2 Å². The fourth-order valence-electron chi connectivity index (χ4n) is 2.41. The summed E-state index contributed by atoms with van der Waals surface area (Å²) in [6, 6.07) is 0. The molecule has 4 N–H and O–H groups in total. The van der Waals surface area contributed by atoms with E-state index in [0.29, 0.717) is 25.7 Å². The summed E-state index contributed by atoms with van der Waals surface area (Å²) in [5, 5.41) is 38.5. The quantitative estimate of drug-likeness (QED) is 0.410. The Hall–Kier alpha value is -1.14. The predicted octanol–water partition coefficient (Wildman–Crippen LogP) is 2.02. The third-order valence-corrected chi connectivity index (χ3v) is 3.77. The summed E-state index contributed by atoms with van der Waals surface area (Å²) in [5.74, 6) is -3.00. The second-order valence-electron chi connectivity index (χ2n) is 5.69. The van der Waals surface area contributed by atoms with Gasteiger partial charge in [-0.05, 0) is 12.8 Å². The number of carboxylic acid groups (broad SMARTS) is 2. The smallest absolute Gasteiger partial charge is 0.321 e. The number of carbonyl (C=O) groups is 2. The maximum Gasteiger partial charge on any atom is 0.321 e. The first-order chi connectivity index (χ1) is 9.80. The Morgan fingerprint density at radius 2 is 1.19 bits per heavy atom. The van der Waals surface area contributed by atoms with E-state index in [2.05, 4.69) is 0 Å². The highest BCUT2D eigenvalue weighted by Gasteiger charge is 2.49. The Labute approximate surface area is 125 Å². The van der Waals surface area contributed by atoms with E-state index >= 15 is 0 Å². The Kier molecular flexibility index (Phi) is 9.21. The van der Waals surface area contributed by atoms with Crippen molar-refractivity contribution in [2.24, 2.45) is 5.41 Å². The lowest BCUT2D eigenvalue weighted by Crippen LogP contribution is -2.44. The van der Waals surface area contributed by atoms with Crippen molar-refractivity contribution in [3.05, 3.63) is 0 Å². The molecule has 0 bridgehead atoms. The minimum absolute atomic E-state index is 0.365. The predicted molar refractivity (Wildman–Crippen MR) is 78.0 cm³/mol. The lowest BCUT2D eigenvalue weighted by Gasteiger charge is -2.29. The van der Waals surface area contributed by atoms with Crippen LogP contribution in [0, 0.1) is 5.41 Å². The summed E-state index contributed by atoms with van der Waals surface area (Å²) in [6.07, 6.45) is 1.08. The number of carboxylic acids is 2. The molecular weight excluding hydrogens is 276 g/mol. The van der Waals surface area contributed by atoms with E-state index in [1.54, 1.807) is 0 Å². The van der Waals surface area contributed by atoms with Crippen LogP contribution in [-0.4, -0.2) is 44.6 Å². The minimum atomic E-state index is -2.12. The molecule has 6 heteroatoms. The highest BCUT2D eigenvalue weighted by molar-refractivity contribution is 5.98. The molecule has 2 unspecified atom stereocenters. The molecule has 0 rings (SSSR count). The average molecular weight is 304 g/mol. The fraction of sp³-hybridized carbons (Fsp3) is 0.867. The van der Waals surface area contributed by atoms with Crippen LogP contribution in [0.3, 0.4) is 0 Å². The van der Waals surface area contributed by atoms with Gasteiger partial charge in [-0.2, -0.15) is 0 Å². The summed E-state index contributed by atoms with van der Waals surface area (Å²) < 4.78 is 0. The molecule has 0 aromatic carbocycles. The first-order valence-corrected chi connectivity index (χ1v) is 7.63. The number of aliphatic hydroxyl groups excluding tert-OH is 2. The first kappa shape index (κ1) is 19.9. The Balaban J connectivity index is 4.99. The summed E-state index contributed by atoms with van der Waals surface area (Å²) >= 11 is 0. The van der Waals surface area contributed by atoms with Crippen molar-refractivity contribution in [3.8, 4) is 0 Å².